The molecule has 1 aliphatic rings. The molecule has 1 fully saturated rings. The Labute approximate surface area is 99.4 Å². The van der Waals surface area contributed by atoms with Crippen LogP contribution in [0.25, 0.3) is 0 Å². The molecule has 1 heterocycles. The number of thiophene rings is 1. The molecule has 1 unspecified atom stereocenters. The Kier molecular flexibility index (Phi) is 3.63. The number of rotatable bonds is 6. The van der Waals surface area contributed by atoms with Crippen LogP contribution in [0, 0.1) is 0 Å². The molecule has 2 N–H and O–H groups in total. The second kappa shape index (κ2) is 4.83. The van der Waals surface area contributed by atoms with Crippen molar-refractivity contribution in [1.29, 1.82) is 0 Å². The summed E-state index contributed by atoms with van der Waals surface area (Å²) in [5.41, 5.74) is 0. The van der Waals surface area contributed by atoms with Crippen molar-refractivity contribution in [2.24, 2.45) is 0 Å². The lowest BCUT2D eigenvalue weighted by Gasteiger charge is -2.09. The minimum absolute atomic E-state index is 0.189. The molecule has 1 atom stereocenters. The van der Waals surface area contributed by atoms with E-state index in [0.717, 1.165) is 17.7 Å². The summed E-state index contributed by atoms with van der Waals surface area (Å²) in [7, 11) is -3.11. The Balaban J connectivity index is 1.76. The predicted octanol–water partition coefficient (Wildman–Crippen LogP) is 1.25. The molecule has 16 heavy (non-hydrogen) atoms. The number of aliphatic hydroxyl groups is 1. The molecule has 0 aliphatic heterocycles. The van der Waals surface area contributed by atoms with Crippen molar-refractivity contribution in [2.45, 2.75) is 30.6 Å². The Morgan fingerprint density at radius 2 is 2.31 bits per heavy atom. The molecular weight excluding hydrogens is 246 g/mol. The fraction of sp³-hybridized carbons (Fsp3) is 0.600. The highest BCUT2D eigenvalue weighted by Crippen LogP contribution is 2.27. The van der Waals surface area contributed by atoms with Crippen LogP contribution in [-0.2, 0) is 10.0 Å². The van der Waals surface area contributed by atoms with Crippen molar-refractivity contribution in [2.75, 3.05) is 6.54 Å². The second-order valence-corrected chi connectivity index (χ2v) is 6.98. The smallest absolute Gasteiger partial charge is 0.214 e. The van der Waals surface area contributed by atoms with E-state index in [0.29, 0.717) is 13.0 Å². The summed E-state index contributed by atoms with van der Waals surface area (Å²) in [6.07, 6.45) is 1.39. The molecule has 0 amide bonds. The van der Waals surface area contributed by atoms with Crippen molar-refractivity contribution in [3.05, 3.63) is 22.4 Å². The molecule has 90 valence electrons. The maximum absolute atomic E-state index is 11.5. The van der Waals surface area contributed by atoms with Gasteiger partial charge in [0.05, 0.1) is 11.4 Å². The SMILES string of the molecule is O=S(=O)(NCCC(O)c1cccs1)C1CC1. The maximum Gasteiger partial charge on any atom is 0.214 e. The van der Waals surface area contributed by atoms with Crippen molar-refractivity contribution < 1.29 is 13.5 Å². The fourth-order valence-corrected chi connectivity index (χ4v) is 3.60. The molecule has 1 saturated carbocycles. The van der Waals surface area contributed by atoms with Crippen molar-refractivity contribution >= 4 is 21.4 Å². The van der Waals surface area contributed by atoms with Crippen molar-refractivity contribution in [3.63, 3.8) is 0 Å². The third-order valence-corrected chi connectivity index (χ3v) is 5.48. The predicted molar refractivity (Wildman–Crippen MR) is 63.8 cm³/mol. The molecule has 0 aromatic carbocycles. The van der Waals surface area contributed by atoms with Gasteiger partial charge in [0.2, 0.25) is 10.0 Å². The van der Waals surface area contributed by atoms with Gasteiger partial charge >= 0.3 is 0 Å². The monoisotopic (exact) mass is 261 g/mol. The van der Waals surface area contributed by atoms with Crippen LogP contribution in [0.5, 0.6) is 0 Å². The Morgan fingerprint density at radius 1 is 1.56 bits per heavy atom. The largest absolute Gasteiger partial charge is 0.388 e. The summed E-state index contributed by atoms with van der Waals surface area (Å²) in [6.45, 7) is 0.303. The minimum Gasteiger partial charge on any atom is -0.388 e. The summed E-state index contributed by atoms with van der Waals surface area (Å²) >= 11 is 1.48. The average molecular weight is 261 g/mol. The van der Waals surface area contributed by atoms with E-state index in [1.807, 2.05) is 17.5 Å². The highest BCUT2D eigenvalue weighted by Gasteiger charge is 2.35. The van der Waals surface area contributed by atoms with E-state index in [-0.39, 0.29) is 5.25 Å². The van der Waals surface area contributed by atoms with Gasteiger partial charge in [-0.25, -0.2) is 13.1 Å². The first kappa shape index (κ1) is 12.0. The van der Waals surface area contributed by atoms with Crippen LogP contribution in [-0.4, -0.2) is 25.3 Å². The van der Waals surface area contributed by atoms with E-state index in [9.17, 15) is 13.5 Å². The Hall–Kier alpha value is -0.430. The summed E-state index contributed by atoms with van der Waals surface area (Å²) in [5, 5.41) is 11.4. The van der Waals surface area contributed by atoms with Gasteiger partial charge in [0, 0.05) is 11.4 Å². The first-order chi connectivity index (χ1) is 7.59. The molecule has 0 bridgehead atoms. The van der Waals surface area contributed by atoms with Crippen LogP contribution in [0.4, 0.5) is 0 Å². The van der Waals surface area contributed by atoms with E-state index in [1.165, 1.54) is 11.3 Å². The summed E-state index contributed by atoms with van der Waals surface area (Å²) in [4.78, 5) is 0.880. The number of sulfonamides is 1. The van der Waals surface area contributed by atoms with Gasteiger partial charge in [0.1, 0.15) is 0 Å². The lowest BCUT2D eigenvalue weighted by atomic mass is 10.2. The van der Waals surface area contributed by atoms with Gasteiger partial charge in [-0.3, -0.25) is 0 Å². The van der Waals surface area contributed by atoms with Crippen molar-refractivity contribution in [1.82, 2.24) is 4.72 Å². The number of hydrogen-bond donors (Lipinski definition) is 2. The summed E-state index contributed by atoms with van der Waals surface area (Å²) < 4.78 is 25.5. The lowest BCUT2D eigenvalue weighted by Crippen LogP contribution is -2.28. The Bertz CT molecular complexity index is 423. The summed E-state index contributed by atoms with van der Waals surface area (Å²) in [5.74, 6) is 0. The standard InChI is InChI=1S/C10H15NO3S2/c12-9(10-2-1-7-15-10)5-6-11-16(13,14)8-3-4-8/h1-2,7-9,11-12H,3-6H2. The average Bonchev–Trinajstić information content (AvgIpc) is 2.95. The van der Waals surface area contributed by atoms with Crippen molar-refractivity contribution in [3.8, 4) is 0 Å². The Morgan fingerprint density at radius 3 is 2.88 bits per heavy atom. The van der Waals surface area contributed by atoms with Gasteiger partial charge < -0.3 is 5.11 Å². The van der Waals surface area contributed by atoms with Crippen LogP contribution in [0.15, 0.2) is 17.5 Å². The molecule has 1 aromatic rings. The second-order valence-electron chi connectivity index (χ2n) is 3.96. The lowest BCUT2D eigenvalue weighted by molar-refractivity contribution is 0.173. The highest BCUT2D eigenvalue weighted by molar-refractivity contribution is 7.90. The topological polar surface area (TPSA) is 66.4 Å². The molecule has 1 aliphatic carbocycles. The first-order valence-corrected chi connectivity index (χ1v) is 7.72. The van der Waals surface area contributed by atoms with Gasteiger partial charge in [-0.15, -0.1) is 11.3 Å². The fourth-order valence-electron chi connectivity index (χ4n) is 1.46. The zero-order valence-electron chi connectivity index (χ0n) is 8.80. The van der Waals surface area contributed by atoms with Gasteiger partial charge in [-0.05, 0) is 30.7 Å². The normalized spacial score (nSPS) is 18.6. The molecule has 0 radical (unpaired) electrons. The van der Waals surface area contributed by atoms with Crippen LogP contribution in [0.2, 0.25) is 0 Å². The van der Waals surface area contributed by atoms with Crippen LogP contribution < -0.4 is 4.72 Å². The van der Waals surface area contributed by atoms with E-state index in [2.05, 4.69) is 4.72 Å². The third kappa shape index (κ3) is 3.04. The molecule has 6 heteroatoms. The number of hydrogen-bond acceptors (Lipinski definition) is 4. The van der Waals surface area contributed by atoms with Gasteiger partial charge in [-0.1, -0.05) is 6.07 Å². The maximum atomic E-state index is 11.5. The summed E-state index contributed by atoms with van der Waals surface area (Å²) in [6, 6.07) is 3.72. The van der Waals surface area contributed by atoms with E-state index in [1.54, 1.807) is 0 Å². The van der Waals surface area contributed by atoms with E-state index in [4.69, 9.17) is 0 Å². The van der Waals surface area contributed by atoms with Crippen LogP contribution in [0.3, 0.4) is 0 Å². The van der Waals surface area contributed by atoms with E-state index < -0.39 is 16.1 Å². The van der Waals surface area contributed by atoms with Crippen LogP contribution >= 0.6 is 11.3 Å². The van der Waals surface area contributed by atoms with Gasteiger partial charge in [-0.2, -0.15) is 0 Å². The van der Waals surface area contributed by atoms with Crippen LogP contribution in [0.1, 0.15) is 30.2 Å². The quantitative estimate of drug-likeness (QED) is 0.810. The molecule has 0 spiro atoms. The van der Waals surface area contributed by atoms with E-state index >= 15 is 0 Å². The van der Waals surface area contributed by atoms with Gasteiger partial charge in [0.15, 0.2) is 0 Å². The zero-order chi connectivity index (χ0) is 11.6. The zero-order valence-corrected chi connectivity index (χ0v) is 10.4. The molecule has 4 nitrogen and oxygen atoms in total. The molecular formula is C10H15NO3S2. The third-order valence-electron chi connectivity index (χ3n) is 2.56. The number of aliphatic hydroxyl groups excluding tert-OH is 1. The highest BCUT2D eigenvalue weighted by atomic mass is 32.2. The molecule has 0 saturated heterocycles. The van der Waals surface area contributed by atoms with Gasteiger partial charge in [0.25, 0.3) is 0 Å². The molecule has 2 rings (SSSR count). The number of nitrogens with one attached hydrogen (secondary N) is 1. The minimum atomic E-state index is -3.11. The molecule has 1 aromatic heterocycles. The first-order valence-electron chi connectivity index (χ1n) is 5.29.